The number of anilines is 1. The monoisotopic (exact) mass is 393 g/mol. The Hall–Kier alpha value is -3.29. The topological polar surface area (TPSA) is 81.0 Å². The maximum atomic E-state index is 12.9. The lowest BCUT2D eigenvalue weighted by molar-refractivity contribution is -0.142. The molecule has 1 amide bonds. The molecular formula is C21H23N5O3. The number of ether oxygens (including phenoxy) is 2. The average molecular weight is 393 g/mol. The summed E-state index contributed by atoms with van der Waals surface area (Å²) in [5.74, 6) is 2.14. The van der Waals surface area contributed by atoms with Crippen molar-refractivity contribution in [1.82, 2.24) is 19.5 Å². The van der Waals surface area contributed by atoms with E-state index in [1.165, 1.54) is 0 Å². The molecule has 8 nitrogen and oxygen atoms in total. The third kappa shape index (κ3) is 3.46. The van der Waals surface area contributed by atoms with Crippen LogP contribution in [0, 0.1) is 6.92 Å². The van der Waals surface area contributed by atoms with Gasteiger partial charge in [-0.15, -0.1) is 0 Å². The Kier molecular flexibility index (Phi) is 4.46. The maximum Gasteiger partial charge on any atom is 0.267 e. The van der Waals surface area contributed by atoms with Crippen LogP contribution in [-0.4, -0.2) is 57.2 Å². The third-order valence-corrected chi connectivity index (χ3v) is 5.44. The molecule has 1 atom stereocenters. The van der Waals surface area contributed by atoms with Gasteiger partial charge in [0.25, 0.3) is 5.91 Å². The Labute approximate surface area is 168 Å². The predicted molar refractivity (Wildman–Crippen MR) is 107 cm³/mol. The van der Waals surface area contributed by atoms with Gasteiger partial charge in [-0.05, 0) is 38.0 Å². The van der Waals surface area contributed by atoms with Crippen LogP contribution in [0.1, 0.15) is 18.5 Å². The minimum absolute atomic E-state index is 0.00963. The standard InChI is InChI=1S/C21H23N5O3/c1-14-12-16-20(22-8-11-26(16)24-14)23-15-6-9-25(10-7-15)21(27)19-13-28-17-4-2-3-5-18(17)29-19/h2-5,8,11-12,15,19H,6-7,9-10,13H2,1H3,(H,22,23)/t19-/m1/s1. The van der Waals surface area contributed by atoms with Crippen LogP contribution < -0.4 is 14.8 Å². The molecular weight excluding hydrogens is 370 g/mol. The van der Waals surface area contributed by atoms with E-state index in [-0.39, 0.29) is 18.6 Å². The van der Waals surface area contributed by atoms with Gasteiger partial charge in [-0.3, -0.25) is 4.79 Å². The van der Waals surface area contributed by atoms with E-state index in [4.69, 9.17) is 9.47 Å². The van der Waals surface area contributed by atoms with Crippen LogP contribution in [0.25, 0.3) is 5.52 Å². The molecule has 1 N–H and O–H groups in total. The fraction of sp³-hybridized carbons (Fsp3) is 0.381. The van der Waals surface area contributed by atoms with Crippen LogP contribution in [0.2, 0.25) is 0 Å². The summed E-state index contributed by atoms with van der Waals surface area (Å²) in [7, 11) is 0. The molecule has 0 bridgehead atoms. The van der Waals surface area contributed by atoms with Crippen molar-refractivity contribution < 1.29 is 14.3 Å². The molecule has 0 saturated carbocycles. The van der Waals surface area contributed by atoms with Gasteiger partial charge in [-0.1, -0.05) is 12.1 Å². The number of rotatable bonds is 3. The first-order chi connectivity index (χ1) is 14.2. The van der Waals surface area contributed by atoms with E-state index in [2.05, 4.69) is 15.4 Å². The number of carbonyl (C=O) groups excluding carboxylic acids is 1. The van der Waals surface area contributed by atoms with Crippen LogP contribution in [0.15, 0.2) is 42.7 Å². The summed E-state index contributed by atoms with van der Waals surface area (Å²) in [5.41, 5.74) is 1.92. The van der Waals surface area contributed by atoms with Crippen molar-refractivity contribution in [2.45, 2.75) is 31.9 Å². The van der Waals surface area contributed by atoms with Gasteiger partial charge in [0.05, 0.1) is 5.69 Å². The number of hydrogen-bond acceptors (Lipinski definition) is 6. The second kappa shape index (κ2) is 7.27. The molecule has 2 aromatic heterocycles. The second-order valence-electron chi connectivity index (χ2n) is 7.50. The van der Waals surface area contributed by atoms with Gasteiger partial charge in [0.2, 0.25) is 6.10 Å². The Bertz CT molecular complexity index is 1040. The summed E-state index contributed by atoms with van der Waals surface area (Å²) in [6, 6.07) is 9.73. The lowest BCUT2D eigenvalue weighted by atomic mass is 10.0. The maximum absolute atomic E-state index is 12.9. The highest BCUT2D eigenvalue weighted by Gasteiger charge is 2.33. The van der Waals surface area contributed by atoms with Gasteiger partial charge in [-0.25, -0.2) is 9.50 Å². The first-order valence-corrected chi connectivity index (χ1v) is 9.92. The summed E-state index contributed by atoms with van der Waals surface area (Å²) >= 11 is 0. The van der Waals surface area contributed by atoms with Crippen LogP contribution in [-0.2, 0) is 4.79 Å². The molecule has 0 radical (unpaired) electrons. The van der Waals surface area contributed by atoms with Gasteiger partial charge >= 0.3 is 0 Å². The van der Waals surface area contributed by atoms with Crippen molar-refractivity contribution in [2.24, 2.45) is 0 Å². The number of fused-ring (bicyclic) bond motifs is 2. The summed E-state index contributed by atoms with van der Waals surface area (Å²) in [4.78, 5) is 19.2. The molecule has 0 spiro atoms. The molecule has 0 unspecified atom stereocenters. The molecule has 2 aliphatic heterocycles. The van der Waals surface area contributed by atoms with E-state index in [1.807, 2.05) is 52.9 Å². The predicted octanol–water partition coefficient (Wildman–Crippen LogP) is 2.28. The van der Waals surface area contributed by atoms with E-state index >= 15 is 0 Å². The van der Waals surface area contributed by atoms with Crippen LogP contribution >= 0.6 is 0 Å². The molecule has 0 aliphatic carbocycles. The fourth-order valence-electron chi connectivity index (χ4n) is 3.94. The first kappa shape index (κ1) is 17.8. The number of aromatic nitrogens is 3. The van der Waals surface area contributed by atoms with Crippen LogP contribution in [0.4, 0.5) is 5.82 Å². The summed E-state index contributed by atoms with van der Waals surface area (Å²) in [6.07, 6.45) is 4.72. The van der Waals surface area contributed by atoms with Gasteiger partial charge in [0.1, 0.15) is 12.1 Å². The molecule has 2 aliphatic rings. The second-order valence-corrected chi connectivity index (χ2v) is 7.50. The molecule has 3 aromatic rings. The minimum Gasteiger partial charge on any atom is -0.485 e. The molecule has 8 heteroatoms. The molecule has 5 rings (SSSR count). The number of para-hydroxylation sites is 2. The number of aryl methyl sites for hydroxylation is 1. The zero-order valence-corrected chi connectivity index (χ0v) is 16.2. The van der Waals surface area contributed by atoms with Crippen molar-refractivity contribution in [1.29, 1.82) is 0 Å². The van der Waals surface area contributed by atoms with Crippen molar-refractivity contribution in [3.8, 4) is 11.5 Å². The van der Waals surface area contributed by atoms with E-state index in [0.29, 0.717) is 24.6 Å². The highest BCUT2D eigenvalue weighted by Crippen LogP contribution is 2.31. The van der Waals surface area contributed by atoms with E-state index in [0.717, 1.165) is 29.9 Å². The first-order valence-electron chi connectivity index (χ1n) is 9.92. The molecule has 4 heterocycles. The van der Waals surface area contributed by atoms with Crippen molar-refractivity contribution in [2.75, 3.05) is 25.0 Å². The SMILES string of the molecule is Cc1cc2c(NC3CCN(C(=O)[C@H]4COc5ccccc5O4)CC3)nccn2n1. The number of piperidine rings is 1. The molecule has 29 heavy (non-hydrogen) atoms. The smallest absolute Gasteiger partial charge is 0.267 e. The number of likely N-dealkylation sites (tertiary alicyclic amines) is 1. The Morgan fingerprint density at radius 3 is 2.83 bits per heavy atom. The number of nitrogens with zero attached hydrogens (tertiary/aromatic N) is 4. The Morgan fingerprint density at radius 2 is 2.00 bits per heavy atom. The van der Waals surface area contributed by atoms with E-state index in [1.54, 1.807) is 6.20 Å². The summed E-state index contributed by atoms with van der Waals surface area (Å²) in [6.45, 7) is 3.58. The number of amides is 1. The highest BCUT2D eigenvalue weighted by atomic mass is 16.6. The van der Waals surface area contributed by atoms with Gasteiger partial charge < -0.3 is 19.7 Å². The van der Waals surface area contributed by atoms with Crippen LogP contribution in [0.5, 0.6) is 11.5 Å². The number of hydrogen-bond donors (Lipinski definition) is 1. The molecule has 1 fully saturated rings. The Morgan fingerprint density at radius 1 is 1.21 bits per heavy atom. The third-order valence-electron chi connectivity index (χ3n) is 5.44. The van der Waals surface area contributed by atoms with Crippen molar-refractivity contribution in [3.63, 3.8) is 0 Å². The number of nitrogens with one attached hydrogen (secondary N) is 1. The van der Waals surface area contributed by atoms with Gasteiger partial charge in [-0.2, -0.15) is 5.10 Å². The average Bonchev–Trinajstić information content (AvgIpc) is 3.15. The summed E-state index contributed by atoms with van der Waals surface area (Å²) < 4.78 is 13.4. The normalized spacial score (nSPS) is 19.3. The van der Waals surface area contributed by atoms with Crippen molar-refractivity contribution in [3.05, 3.63) is 48.4 Å². The minimum atomic E-state index is -0.584. The van der Waals surface area contributed by atoms with Crippen LogP contribution in [0.3, 0.4) is 0 Å². The van der Waals surface area contributed by atoms with E-state index < -0.39 is 6.10 Å². The fourth-order valence-corrected chi connectivity index (χ4v) is 3.94. The largest absolute Gasteiger partial charge is 0.485 e. The zero-order chi connectivity index (χ0) is 19.8. The lowest BCUT2D eigenvalue weighted by Crippen LogP contribution is -2.50. The quantitative estimate of drug-likeness (QED) is 0.735. The van der Waals surface area contributed by atoms with E-state index in [9.17, 15) is 4.79 Å². The molecule has 1 aromatic carbocycles. The van der Waals surface area contributed by atoms with Gasteiger partial charge in [0, 0.05) is 31.5 Å². The lowest BCUT2D eigenvalue weighted by Gasteiger charge is -2.35. The zero-order valence-electron chi connectivity index (χ0n) is 16.2. The summed E-state index contributed by atoms with van der Waals surface area (Å²) in [5, 5.41) is 7.95. The Balaban J connectivity index is 1.20. The number of carbonyl (C=O) groups is 1. The molecule has 150 valence electrons. The number of benzene rings is 1. The molecule has 1 saturated heterocycles. The highest BCUT2D eigenvalue weighted by molar-refractivity contribution is 5.82. The van der Waals surface area contributed by atoms with Gasteiger partial charge in [0.15, 0.2) is 17.3 Å². The van der Waals surface area contributed by atoms with Crippen molar-refractivity contribution >= 4 is 17.2 Å².